The number of pyridine rings is 1. The maximum absolute atomic E-state index is 11.5. The predicted molar refractivity (Wildman–Crippen MR) is 71.2 cm³/mol. The SMILES string of the molecule is COc1cncc(-c2ccc3oc(=O)n(C)c3c2)c1. The van der Waals surface area contributed by atoms with Crippen molar-refractivity contribution in [1.29, 1.82) is 0 Å². The van der Waals surface area contributed by atoms with Gasteiger partial charge in [0.25, 0.3) is 0 Å². The maximum atomic E-state index is 11.5. The van der Waals surface area contributed by atoms with Gasteiger partial charge < -0.3 is 9.15 Å². The fourth-order valence-electron chi connectivity index (χ4n) is 1.99. The van der Waals surface area contributed by atoms with E-state index in [1.165, 1.54) is 4.57 Å². The van der Waals surface area contributed by atoms with Crippen LogP contribution in [0.4, 0.5) is 0 Å². The smallest absolute Gasteiger partial charge is 0.419 e. The lowest BCUT2D eigenvalue weighted by molar-refractivity contribution is 0.413. The first-order valence-corrected chi connectivity index (χ1v) is 5.78. The standard InChI is InChI=1S/C14H12N2O3/c1-16-12-6-9(3-4-13(12)19-14(16)17)10-5-11(18-2)8-15-7-10/h3-8H,1-2H3. The minimum Gasteiger partial charge on any atom is -0.495 e. The van der Waals surface area contributed by atoms with Crippen molar-refractivity contribution in [1.82, 2.24) is 9.55 Å². The summed E-state index contributed by atoms with van der Waals surface area (Å²) in [6.45, 7) is 0. The van der Waals surface area contributed by atoms with Crippen LogP contribution in [0, 0.1) is 0 Å². The van der Waals surface area contributed by atoms with Crippen molar-refractivity contribution in [3.63, 3.8) is 0 Å². The zero-order chi connectivity index (χ0) is 13.4. The van der Waals surface area contributed by atoms with Gasteiger partial charge in [-0.25, -0.2) is 4.79 Å². The summed E-state index contributed by atoms with van der Waals surface area (Å²) in [6.07, 6.45) is 3.40. The van der Waals surface area contributed by atoms with E-state index in [4.69, 9.17) is 9.15 Å². The molecule has 0 aliphatic rings. The minimum absolute atomic E-state index is 0.365. The zero-order valence-electron chi connectivity index (χ0n) is 10.6. The summed E-state index contributed by atoms with van der Waals surface area (Å²) in [6, 6.07) is 7.47. The molecule has 0 N–H and O–H groups in total. The van der Waals surface area contributed by atoms with Gasteiger partial charge in [-0.3, -0.25) is 9.55 Å². The van der Waals surface area contributed by atoms with Crippen molar-refractivity contribution in [2.45, 2.75) is 0 Å². The molecule has 0 bridgehead atoms. The molecular formula is C14H12N2O3. The lowest BCUT2D eigenvalue weighted by Crippen LogP contribution is -2.08. The summed E-state index contributed by atoms with van der Waals surface area (Å²) in [5.74, 6) is 0.328. The summed E-state index contributed by atoms with van der Waals surface area (Å²) in [4.78, 5) is 15.6. The van der Waals surface area contributed by atoms with Crippen LogP contribution in [0.1, 0.15) is 0 Å². The Morgan fingerprint density at radius 1 is 1.21 bits per heavy atom. The molecule has 0 amide bonds. The molecule has 5 heteroatoms. The largest absolute Gasteiger partial charge is 0.495 e. The number of hydrogen-bond acceptors (Lipinski definition) is 4. The Kier molecular flexibility index (Phi) is 2.59. The summed E-state index contributed by atoms with van der Waals surface area (Å²) in [7, 11) is 3.28. The highest BCUT2D eigenvalue weighted by molar-refractivity contribution is 5.80. The molecule has 96 valence electrons. The summed E-state index contributed by atoms with van der Waals surface area (Å²) in [5.41, 5.74) is 3.21. The van der Waals surface area contributed by atoms with Gasteiger partial charge in [-0.15, -0.1) is 0 Å². The summed E-state index contributed by atoms with van der Waals surface area (Å²) in [5, 5.41) is 0. The average Bonchev–Trinajstić information content (AvgIpc) is 2.74. The Hall–Kier alpha value is -2.56. The first kappa shape index (κ1) is 11.5. The Bertz CT molecular complexity index is 802. The maximum Gasteiger partial charge on any atom is 0.419 e. The molecule has 0 aliphatic heterocycles. The molecule has 3 rings (SSSR count). The van der Waals surface area contributed by atoms with Gasteiger partial charge in [-0.1, -0.05) is 6.07 Å². The van der Waals surface area contributed by atoms with Crippen LogP contribution in [-0.4, -0.2) is 16.7 Å². The molecule has 2 heterocycles. The highest BCUT2D eigenvalue weighted by atomic mass is 16.5. The molecule has 0 spiro atoms. The van der Waals surface area contributed by atoms with Crippen LogP contribution in [0.3, 0.4) is 0 Å². The van der Waals surface area contributed by atoms with E-state index in [2.05, 4.69) is 4.98 Å². The van der Waals surface area contributed by atoms with Gasteiger partial charge in [-0.05, 0) is 23.8 Å². The monoisotopic (exact) mass is 256 g/mol. The number of hydrogen-bond donors (Lipinski definition) is 0. The van der Waals surface area contributed by atoms with Gasteiger partial charge >= 0.3 is 5.76 Å². The van der Waals surface area contributed by atoms with E-state index < -0.39 is 0 Å². The van der Waals surface area contributed by atoms with Crippen molar-refractivity contribution in [3.8, 4) is 16.9 Å². The van der Waals surface area contributed by atoms with Crippen molar-refractivity contribution in [3.05, 3.63) is 47.2 Å². The van der Waals surface area contributed by atoms with Crippen LogP contribution < -0.4 is 10.5 Å². The molecule has 0 radical (unpaired) electrons. The van der Waals surface area contributed by atoms with Gasteiger partial charge in [-0.2, -0.15) is 0 Å². The van der Waals surface area contributed by atoms with Crippen molar-refractivity contribution in [2.75, 3.05) is 7.11 Å². The third kappa shape index (κ3) is 1.89. The number of benzene rings is 1. The Morgan fingerprint density at radius 3 is 2.84 bits per heavy atom. The highest BCUT2D eigenvalue weighted by Crippen LogP contribution is 2.25. The van der Waals surface area contributed by atoms with Crippen molar-refractivity contribution < 1.29 is 9.15 Å². The second-order valence-electron chi connectivity index (χ2n) is 4.22. The van der Waals surface area contributed by atoms with Crippen LogP contribution >= 0.6 is 0 Å². The summed E-state index contributed by atoms with van der Waals surface area (Å²) >= 11 is 0. The van der Waals surface area contributed by atoms with E-state index in [1.54, 1.807) is 32.6 Å². The number of ether oxygens (including phenoxy) is 1. The minimum atomic E-state index is -0.365. The van der Waals surface area contributed by atoms with Crippen LogP contribution in [0.5, 0.6) is 5.75 Å². The first-order chi connectivity index (χ1) is 9.19. The second-order valence-corrected chi connectivity index (χ2v) is 4.22. The topological polar surface area (TPSA) is 57.3 Å². The number of rotatable bonds is 2. The molecule has 0 saturated heterocycles. The quantitative estimate of drug-likeness (QED) is 0.705. The molecule has 3 aromatic rings. The van der Waals surface area contributed by atoms with Gasteiger partial charge in [0.2, 0.25) is 0 Å². The van der Waals surface area contributed by atoms with Crippen LogP contribution in [0.15, 0.2) is 45.9 Å². The number of aromatic nitrogens is 2. The molecule has 5 nitrogen and oxygen atoms in total. The van der Waals surface area contributed by atoms with Crippen LogP contribution in [-0.2, 0) is 7.05 Å². The Balaban J connectivity index is 2.19. The molecule has 0 fully saturated rings. The van der Waals surface area contributed by atoms with Crippen molar-refractivity contribution >= 4 is 11.1 Å². The molecule has 1 aromatic carbocycles. The fourth-order valence-corrected chi connectivity index (χ4v) is 1.99. The lowest BCUT2D eigenvalue weighted by Gasteiger charge is -2.04. The molecule has 0 unspecified atom stereocenters. The Labute approximate surface area is 109 Å². The van der Waals surface area contributed by atoms with E-state index in [1.807, 2.05) is 18.2 Å². The van der Waals surface area contributed by atoms with Gasteiger partial charge in [0.05, 0.1) is 18.8 Å². The number of aryl methyl sites for hydroxylation is 1. The number of methoxy groups -OCH3 is 1. The van der Waals surface area contributed by atoms with E-state index in [-0.39, 0.29) is 5.76 Å². The third-order valence-corrected chi connectivity index (χ3v) is 3.07. The van der Waals surface area contributed by atoms with Gasteiger partial charge in [0, 0.05) is 18.8 Å². The Morgan fingerprint density at radius 2 is 2.05 bits per heavy atom. The molecule has 19 heavy (non-hydrogen) atoms. The van der Waals surface area contributed by atoms with Gasteiger partial charge in [0.15, 0.2) is 5.58 Å². The molecular weight excluding hydrogens is 244 g/mol. The lowest BCUT2D eigenvalue weighted by atomic mass is 10.1. The second kappa shape index (κ2) is 4.28. The normalized spacial score (nSPS) is 10.8. The first-order valence-electron chi connectivity index (χ1n) is 5.78. The molecule has 2 aromatic heterocycles. The van der Waals surface area contributed by atoms with E-state index >= 15 is 0 Å². The van der Waals surface area contributed by atoms with E-state index in [9.17, 15) is 4.79 Å². The number of fused-ring (bicyclic) bond motifs is 1. The number of nitrogens with zero attached hydrogens (tertiary/aromatic N) is 2. The van der Waals surface area contributed by atoms with Crippen molar-refractivity contribution in [2.24, 2.45) is 7.05 Å². The zero-order valence-corrected chi connectivity index (χ0v) is 10.6. The third-order valence-electron chi connectivity index (χ3n) is 3.07. The molecule has 0 saturated carbocycles. The van der Waals surface area contributed by atoms with E-state index in [0.29, 0.717) is 11.3 Å². The van der Waals surface area contributed by atoms with E-state index in [0.717, 1.165) is 16.6 Å². The molecule has 0 aliphatic carbocycles. The predicted octanol–water partition coefficient (Wildman–Crippen LogP) is 2.20. The summed E-state index contributed by atoms with van der Waals surface area (Å²) < 4.78 is 11.7. The number of oxazole rings is 1. The van der Waals surface area contributed by atoms with Crippen LogP contribution in [0.25, 0.3) is 22.2 Å². The highest BCUT2D eigenvalue weighted by Gasteiger charge is 2.08. The average molecular weight is 256 g/mol. The molecule has 0 atom stereocenters. The van der Waals surface area contributed by atoms with Gasteiger partial charge in [0.1, 0.15) is 5.75 Å². The van der Waals surface area contributed by atoms with Crippen LogP contribution in [0.2, 0.25) is 0 Å². The fraction of sp³-hybridized carbons (Fsp3) is 0.143.